The van der Waals surface area contributed by atoms with Gasteiger partial charge in [-0.3, -0.25) is 0 Å². The van der Waals surface area contributed by atoms with Crippen molar-refractivity contribution >= 4 is 15.9 Å². The van der Waals surface area contributed by atoms with Crippen molar-refractivity contribution in [2.45, 2.75) is 32.2 Å². The van der Waals surface area contributed by atoms with Gasteiger partial charge < -0.3 is 5.32 Å². The lowest BCUT2D eigenvalue weighted by Gasteiger charge is -2.12. The molecule has 0 amide bonds. The van der Waals surface area contributed by atoms with Gasteiger partial charge in [-0.25, -0.2) is 0 Å². The molecule has 0 aromatic heterocycles. The quantitative estimate of drug-likeness (QED) is 0.855. The van der Waals surface area contributed by atoms with E-state index in [-0.39, 0.29) is 0 Å². The molecule has 1 nitrogen and oxygen atoms in total. The van der Waals surface area contributed by atoms with Crippen LogP contribution >= 0.6 is 15.9 Å². The fourth-order valence-electron chi connectivity index (χ4n) is 2.06. The van der Waals surface area contributed by atoms with Crippen molar-refractivity contribution in [3.05, 3.63) is 33.8 Å². The Morgan fingerprint density at radius 1 is 1.50 bits per heavy atom. The number of benzene rings is 1. The second-order valence-electron chi connectivity index (χ2n) is 4.09. The molecule has 1 fully saturated rings. The molecule has 76 valence electrons. The molecule has 0 spiro atoms. The molecule has 0 bridgehead atoms. The lowest BCUT2D eigenvalue weighted by atomic mass is 10.0. The van der Waals surface area contributed by atoms with E-state index in [4.69, 9.17) is 0 Å². The van der Waals surface area contributed by atoms with E-state index in [2.05, 4.69) is 46.4 Å². The van der Waals surface area contributed by atoms with Gasteiger partial charge in [0, 0.05) is 10.5 Å². The molecule has 1 aliphatic rings. The van der Waals surface area contributed by atoms with Gasteiger partial charge in [-0.15, -0.1) is 0 Å². The number of aryl methyl sites for hydroxylation is 1. The zero-order chi connectivity index (χ0) is 9.97. The Morgan fingerprint density at radius 3 is 3.07 bits per heavy atom. The summed E-state index contributed by atoms with van der Waals surface area (Å²) < 4.78 is 1.25. The summed E-state index contributed by atoms with van der Waals surface area (Å²) in [4.78, 5) is 0. The average Bonchev–Trinajstić information content (AvgIpc) is 2.64. The van der Waals surface area contributed by atoms with Crippen LogP contribution in [0.3, 0.4) is 0 Å². The highest BCUT2D eigenvalue weighted by molar-refractivity contribution is 9.10. The first-order valence-corrected chi connectivity index (χ1v) is 6.03. The molecule has 1 saturated heterocycles. The van der Waals surface area contributed by atoms with Gasteiger partial charge in [0.15, 0.2) is 0 Å². The zero-order valence-corrected chi connectivity index (χ0v) is 10.1. The summed E-state index contributed by atoms with van der Waals surface area (Å²) in [6.07, 6.45) is 3.80. The van der Waals surface area contributed by atoms with E-state index in [0.717, 1.165) is 6.42 Å². The number of hydrogen-bond acceptors (Lipinski definition) is 1. The molecule has 0 saturated carbocycles. The summed E-state index contributed by atoms with van der Waals surface area (Å²) in [7, 11) is 0. The zero-order valence-electron chi connectivity index (χ0n) is 8.52. The predicted octanol–water partition coefficient (Wildman–Crippen LogP) is 3.05. The highest BCUT2D eigenvalue weighted by atomic mass is 79.9. The standard InChI is InChI=1S/C12H16BrN/c1-9-4-5-12(13)10(7-9)8-11-3-2-6-14-11/h4-5,7,11,14H,2-3,6,8H2,1H3. The summed E-state index contributed by atoms with van der Waals surface area (Å²) in [6.45, 7) is 3.34. The summed E-state index contributed by atoms with van der Waals surface area (Å²) in [6, 6.07) is 7.27. The van der Waals surface area contributed by atoms with Gasteiger partial charge in [0.1, 0.15) is 0 Å². The Hall–Kier alpha value is -0.340. The summed E-state index contributed by atoms with van der Waals surface area (Å²) >= 11 is 3.61. The van der Waals surface area contributed by atoms with Crippen molar-refractivity contribution < 1.29 is 0 Å². The third-order valence-electron chi connectivity index (χ3n) is 2.83. The van der Waals surface area contributed by atoms with Crippen LogP contribution in [0, 0.1) is 6.92 Å². The number of nitrogens with one attached hydrogen (secondary N) is 1. The minimum absolute atomic E-state index is 0.688. The molecule has 0 radical (unpaired) electrons. The van der Waals surface area contributed by atoms with Crippen LogP contribution in [0.25, 0.3) is 0 Å². The van der Waals surface area contributed by atoms with Crippen LogP contribution in [0.2, 0.25) is 0 Å². The van der Waals surface area contributed by atoms with Crippen LogP contribution in [0.1, 0.15) is 24.0 Å². The van der Waals surface area contributed by atoms with Crippen molar-refractivity contribution in [3.8, 4) is 0 Å². The lowest BCUT2D eigenvalue weighted by Crippen LogP contribution is -2.23. The van der Waals surface area contributed by atoms with Crippen LogP contribution in [-0.4, -0.2) is 12.6 Å². The van der Waals surface area contributed by atoms with E-state index in [9.17, 15) is 0 Å². The summed E-state index contributed by atoms with van der Waals surface area (Å²) in [5, 5.41) is 3.53. The van der Waals surface area contributed by atoms with Crippen LogP contribution in [0.5, 0.6) is 0 Å². The van der Waals surface area contributed by atoms with Crippen LogP contribution in [0.15, 0.2) is 22.7 Å². The normalized spacial score (nSPS) is 21.4. The SMILES string of the molecule is Cc1ccc(Br)c(CC2CCCN2)c1. The highest BCUT2D eigenvalue weighted by Gasteiger charge is 2.15. The predicted molar refractivity (Wildman–Crippen MR) is 63.6 cm³/mol. The Morgan fingerprint density at radius 2 is 2.36 bits per heavy atom. The minimum atomic E-state index is 0.688. The molecule has 1 aromatic carbocycles. The number of halogens is 1. The highest BCUT2D eigenvalue weighted by Crippen LogP contribution is 2.21. The fraction of sp³-hybridized carbons (Fsp3) is 0.500. The Balaban J connectivity index is 2.10. The molecule has 14 heavy (non-hydrogen) atoms. The maximum absolute atomic E-state index is 3.61. The molecule has 0 aliphatic carbocycles. The first-order chi connectivity index (χ1) is 6.75. The van der Waals surface area contributed by atoms with Crippen LogP contribution in [-0.2, 0) is 6.42 Å². The Kier molecular flexibility index (Phi) is 3.24. The van der Waals surface area contributed by atoms with Crippen molar-refractivity contribution in [3.63, 3.8) is 0 Å². The fourth-order valence-corrected chi connectivity index (χ4v) is 2.46. The molecule has 1 unspecified atom stereocenters. The van der Waals surface area contributed by atoms with Crippen molar-refractivity contribution in [1.29, 1.82) is 0 Å². The van der Waals surface area contributed by atoms with E-state index < -0.39 is 0 Å². The first kappa shape index (κ1) is 10.2. The van der Waals surface area contributed by atoms with Crippen LogP contribution in [0.4, 0.5) is 0 Å². The molecule has 1 N–H and O–H groups in total. The van der Waals surface area contributed by atoms with Gasteiger partial charge in [-0.2, -0.15) is 0 Å². The number of hydrogen-bond donors (Lipinski definition) is 1. The van der Waals surface area contributed by atoms with Gasteiger partial charge in [-0.1, -0.05) is 33.6 Å². The second-order valence-corrected chi connectivity index (χ2v) is 4.95. The third-order valence-corrected chi connectivity index (χ3v) is 3.60. The van der Waals surface area contributed by atoms with Gasteiger partial charge in [0.25, 0.3) is 0 Å². The van der Waals surface area contributed by atoms with Gasteiger partial charge in [0.05, 0.1) is 0 Å². The van der Waals surface area contributed by atoms with Crippen molar-refractivity contribution in [2.24, 2.45) is 0 Å². The molecular formula is C12H16BrN. The van der Waals surface area contributed by atoms with E-state index in [1.807, 2.05) is 0 Å². The second kappa shape index (κ2) is 4.45. The molecule has 1 aromatic rings. The van der Waals surface area contributed by atoms with Crippen molar-refractivity contribution in [1.82, 2.24) is 5.32 Å². The van der Waals surface area contributed by atoms with E-state index in [1.54, 1.807) is 0 Å². The maximum atomic E-state index is 3.61. The molecule has 1 aliphatic heterocycles. The van der Waals surface area contributed by atoms with Gasteiger partial charge in [0.2, 0.25) is 0 Å². The smallest absolute Gasteiger partial charge is 0.0208 e. The Bertz CT molecular complexity index is 316. The topological polar surface area (TPSA) is 12.0 Å². The monoisotopic (exact) mass is 253 g/mol. The molecular weight excluding hydrogens is 238 g/mol. The average molecular weight is 254 g/mol. The molecule has 1 atom stereocenters. The third kappa shape index (κ3) is 2.37. The summed E-state index contributed by atoms with van der Waals surface area (Å²) in [5.41, 5.74) is 2.78. The minimum Gasteiger partial charge on any atom is -0.314 e. The lowest BCUT2D eigenvalue weighted by molar-refractivity contribution is 0.602. The van der Waals surface area contributed by atoms with Crippen LogP contribution < -0.4 is 5.32 Å². The maximum Gasteiger partial charge on any atom is 0.0208 e. The van der Waals surface area contributed by atoms with Crippen molar-refractivity contribution in [2.75, 3.05) is 6.54 Å². The largest absolute Gasteiger partial charge is 0.314 e. The van der Waals surface area contributed by atoms with E-state index in [0.29, 0.717) is 6.04 Å². The summed E-state index contributed by atoms with van der Waals surface area (Å²) in [5.74, 6) is 0. The van der Waals surface area contributed by atoms with E-state index >= 15 is 0 Å². The first-order valence-electron chi connectivity index (χ1n) is 5.24. The molecule has 1 heterocycles. The molecule has 2 heteroatoms. The van der Waals surface area contributed by atoms with Gasteiger partial charge in [-0.05, 0) is 44.4 Å². The number of rotatable bonds is 2. The molecule has 2 rings (SSSR count). The van der Waals surface area contributed by atoms with E-state index in [1.165, 1.54) is 35.0 Å². The Labute approximate surface area is 94.0 Å². The van der Waals surface area contributed by atoms with Gasteiger partial charge >= 0.3 is 0 Å².